The fourth-order valence-corrected chi connectivity index (χ4v) is 3.57. The molecule has 1 N–H and O–H groups in total. The third-order valence-corrected chi connectivity index (χ3v) is 4.93. The quantitative estimate of drug-likeness (QED) is 0.673. The smallest absolute Gasteiger partial charge is 0.120 e. The van der Waals surface area contributed by atoms with E-state index in [2.05, 4.69) is 48.8 Å². The highest BCUT2D eigenvalue weighted by Gasteiger charge is 2.16. The van der Waals surface area contributed by atoms with E-state index < -0.39 is 0 Å². The van der Waals surface area contributed by atoms with E-state index in [1.54, 1.807) is 0 Å². The van der Waals surface area contributed by atoms with Crippen molar-refractivity contribution in [2.24, 2.45) is 0 Å². The van der Waals surface area contributed by atoms with Crippen LogP contribution in [0.3, 0.4) is 0 Å². The van der Waals surface area contributed by atoms with Crippen LogP contribution in [0.4, 0.5) is 0 Å². The van der Waals surface area contributed by atoms with Gasteiger partial charge >= 0.3 is 0 Å². The van der Waals surface area contributed by atoms with Crippen LogP contribution in [-0.4, -0.2) is 7.05 Å². The number of nitrogens with one attached hydrogen (secondary N) is 1. The fraction of sp³-hybridized carbons (Fsp3) is 0.391. The molecule has 1 atom stereocenters. The first-order chi connectivity index (χ1) is 12.4. The standard InChI is InChI=1S/C23H29NO/c1-24-23(20-13-8-3-2-4-9-14-20)21-15-10-16-22(17-21)25-18-19-11-6-5-7-12-19/h5-7,10-13,15-17,23-24H,2-4,8-9,14,18H2,1H3/b20-13+. The lowest BCUT2D eigenvalue weighted by atomic mass is 9.91. The Morgan fingerprint density at radius 1 is 0.960 bits per heavy atom. The van der Waals surface area contributed by atoms with Crippen molar-refractivity contribution >= 4 is 0 Å². The Kier molecular flexibility index (Phi) is 6.70. The Morgan fingerprint density at radius 2 is 1.80 bits per heavy atom. The van der Waals surface area contributed by atoms with Crippen LogP contribution in [0.5, 0.6) is 5.75 Å². The molecule has 2 aromatic carbocycles. The van der Waals surface area contributed by atoms with Gasteiger partial charge in [0.1, 0.15) is 12.4 Å². The van der Waals surface area contributed by atoms with Crippen LogP contribution in [0.15, 0.2) is 66.2 Å². The zero-order valence-electron chi connectivity index (χ0n) is 15.2. The third kappa shape index (κ3) is 5.20. The summed E-state index contributed by atoms with van der Waals surface area (Å²) in [5.41, 5.74) is 4.02. The Bertz CT molecular complexity index is 678. The maximum atomic E-state index is 6.01. The SMILES string of the molecule is CNC(/C1=C/CCCCCC1)c1cccc(OCc2ccccc2)c1. The molecular weight excluding hydrogens is 306 g/mol. The predicted molar refractivity (Wildman–Crippen MR) is 105 cm³/mol. The predicted octanol–water partition coefficient (Wildman–Crippen LogP) is 5.81. The summed E-state index contributed by atoms with van der Waals surface area (Å²) >= 11 is 0. The molecule has 1 aliphatic rings. The Morgan fingerprint density at radius 3 is 2.64 bits per heavy atom. The van der Waals surface area contributed by atoms with Gasteiger partial charge in [-0.2, -0.15) is 0 Å². The summed E-state index contributed by atoms with van der Waals surface area (Å²) in [6.45, 7) is 0.608. The van der Waals surface area contributed by atoms with E-state index >= 15 is 0 Å². The van der Waals surface area contributed by atoms with Gasteiger partial charge in [-0.05, 0) is 56.0 Å². The molecule has 1 unspecified atom stereocenters. The van der Waals surface area contributed by atoms with Crippen molar-refractivity contribution in [3.8, 4) is 5.75 Å². The molecule has 1 aliphatic carbocycles. The largest absolute Gasteiger partial charge is 0.489 e. The number of allylic oxidation sites excluding steroid dienone is 1. The van der Waals surface area contributed by atoms with Crippen molar-refractivity contribution in [1.29, 1.82) is 0 Å². The lowest BCUT2D eigenvalue weighted by molar-refractivity contribution is 0.305. The van der Waals surface area contributed by atoms with E-state index in [1.807, 2.05) is 24.3 Å². The molecule has 0 aromatic heterocycles. The highest BCUT2D eigenvalue weighted by Crippen LogP contribution is 2.30. The number of likely N-dealkylation sites (N-methyl/N-ethyl adjacent to an activating group) is 1. The summed E-state index contributed by atoms with van der Waals surface area (Å²) in [7, 11) is 2.06. The maximum Gasteiger partial charge on any atom is 0.120 e. The lowest BCUT2D eigenvalue weighted by Crippen LogP contribution is -2.19. The zero-order valence-corrected chi connectivity index (χ0v) is 15.2. The molecule has 3 rings (SSSR count). The minimum atomic E-state index is 0.290. The van der Waals surface area contributed by atoms with Crippen molar-refractivity contribution in [3.05, 3.63) is 77.4 Å². The van der Waals surface area contributed by atoms with Crippen molar-refractivity contribution < 1.29 is 4.74 Å². The summed E-state index contributed by atoms with van der Waals surface area (Å²) in [6.07, 6.45) is 10.2. The molecule has 2 nitrogen and oxygen atoms in total. The Balaban J connectivity index is 1.72. The van der Waals surface area contributed by atoms with E-state index in [0.717, 1.165) is 5.75 Å². The van der Waals surface area contributed by atoms with Crippen LogP contribution < -0.4 is 10.1 Å². The average molecular weight is 335 g/mol. The molecule has 25 heavy (non-hydrogen) atoms. The minimum absolute atomic E-state index is 0.290. The summed E-state index contributed by atoms with van der Waals surface area (Å²) < 4.78 is 6.01. The van der Waals surface area contributed by atoms with Crippen LogP contribution in [0.1, 0.15) is 55.7 Å². The molecule has 0 amide bonds. The molecule has 0 spiro atoms. The summed E-state index contributed by atoms with van der Waals surface area (Å²) in [5, 5.41) is 3.51. The molecule has 0 fully saturated rings. The third-order valence-electron chi connectivity index (χ3n) is 4.93. The van der Waals surface area contributed by atoms with Crippen molar-refractivity contribution in [3.63, 3.8) is 0 Å². The van der Waals surface area contributed by atoms with Crippen LogP contribution in [-0.2, 0) is 6.61 Å². The number of hydrogen-bond donors (Lipinski definition) is 1. The summed E-state index contributed by atoms with van der Waals surface area (Å²) in [6, 6.07) is 19.2. The fourth-order valence-electron chi connectivity index (χ4n) is 3.57. The second-order valence-electron chi connectivity index (χ2n) is 6.80. The average Bonchev–Trinajstić information content (AvgIpc) is 2.63. The van der Waals surface area contributed by atoms with Gasteiger partial charge in [0.05, 0.1) is 6.04 Å². The first-order valence-electron chi connectivity index (χ1n) is 9.49. The molecule has 2 aromatic rings. The van der Waals surface area contributed by atoms with E-state index in [1.165, 1.54) is 55.2 Å². The van der Waals surface area contributed by atoms with E-state index in [4.69, 9.17) is 4.74 Å². The van der Waals surface area contributed by atoms with Gasteiger partial charge in [0.2, 0.25) is 0 Å². The van der Waals surface area contributed by atoms with E-state index in [0.29, 0.717) is 12.6 Å². The molecule has 0 bridgehead atoms. The topological polar surface area (TPSA) is 21.3 Å². The lowest BCUT2D eigenvalue weighted by Gasteiger charge is -2.23. The molecule has 0 saturated heterocycles. The van der Waals surface area contributed by atoms with Crippen molar-refractivity contribution in [2.75, 3.05) is 7.05 Å². The van der Waals surface area contributed by atoms with Gasteiger partial charge in [0.25, 0.3) is 0 Å². The van der Waals surface area contributed by atoms with Crippen molar-refractivity contribution in [1.82, 2.24) is 5.32 Å². The van der Waals surface area contributed by atoms with Gasteiger partial charge in [0, 0.05) is 0 Å². The van der Waals surface area contributed by atoms with Gasteiger partial charge in [-0.3, -0.25) is 0 Å². The van der Waals surface area contributed by atoms with E-state index in [-0.39, 0.29) is 0 Å². The van der Waals surface area contributed by atoms with E-state index in [9.17, 15) is 0 Å². The highest BCUT2D eigenvalue weighted by atomic mass is 16.5. The monoisotopic (exact) mass is 335 g/mol. The van der Waals surface area contributed by atoms with Gasteiger partial charge in [-0.1, -0.05) is 67.0 Å². The zero-order chi connectivity index (χ0) is 17.3. The van der Waals surface area contributed by atoms with Crippen LogP contribution >= 0.6 is 0 Å². The van der Waals surface area contributed by atoms with Crippen LogP contribution in [0.2, 0.25) is 0 Å². The first-order valence-corrected chi connectivity index (χ1v) is 9.49. The normalized spacial score (nSPS) is 18.5. The summed E-state index contributed by atoms with van der Waals surface area (Å²) in [4.78, 5) is 0. The second kappa shape index (κ2) is 9.43. The van der Waals surface area contributed by atoms with Gasteiger partial charge in [-0.25, -0.2) is 0 Å². The number of hydrogen-bond acceptors (Lipinski definition) is 2. The molecule has 0 saturated carbocycles. The molecule has 0 aliphatic heterocycles. The highest BCUT2D eigenvalue weighted by molar-refractivity contribution is 5.35. The number of rotatable bonds is 6. The maximum absolute atomic E-state index is 6.01. The first kappa shape index (κ1) is 17.8. The molecule has 132 valence electrons. The molecule has 2 heteroatoms. The van der Waals surface area contributed by atoms with Gasteiger partial charge in [-0.15, -0.1) is 0 Å². The number of ether oxygens (including phenoxy) is 1. The minimum Gasteiger partial charge on any atom is -0.489 e. The Hall–Kier alpha value is -2.06. The second-order valence-corrected chi connectivity index (χ2v) is 6.80. The summed E-state index contributed by atoms with van der Waals surface area (Å²) in [5.74, 6) is 0.938. The number of benzene rings is 2. The molecule has 0 heterocycles. The van der Waals surface area contributed by atoms with Crippen LogP contribution in [0, 0.1) is 0 Å². The molecule has 0 radical (unpaired) electrons. The Labute approximate surface area is 151 Å². The van der Waals surface area contributed by atoms with Gasteiger partial charge in [0.15, 0.2) is 0 Å². The van der Waals surface area contributed by atoms with Crippen molar-refractivity contribution in [2.45, 2.75) is 51.2 Å². The van der Waals surface area contributed by atoms with Crippen LogP contribution in [0.25, 0.3) is 0 Å². The molecular formula is C23H29NO. The van der Waals surface area contributed by atoms with Gasteiger partial charge < -0.3 is 10.1 Å².